The van der Waals surface area contributed by atoms with Crippen molar-refractivity contribution in [2.24, 2.45) is 56.2 Å². The van der Waals surface area contributed by atoms with E-state index < -0.39 is 23.3 Å². The number of carbonyl (C=O) groups excluding carboxylic acids is 2. The highest BCUT2D eigenvalue weighted by Crippen LogP contribution is 2.77. The smallest absolute Gasteiger partial charge is 0.317 e. The Morgan fingerprint density at radius 1 is 0.880 bits per heavy atom. The number of fused-ring (bicyclic) bond motifs is 7. The van der Waals surface area contributed by atoms with Crippen molar-refractivity contribution in [3.05, 3.63) is 11.1 Å². The summed E-state index contributed by atoms with van der Waals surface area (Å²) in [7, 11) is 0. The minimum Gasteiger partial charge on any atom is -0.481 e. The maximum absolute atomic E-state index is 14.0. The fraction of sp³-hybridized carbons (Fsp3) is 0.857. The third-order valence-electron chi connectivity index (χ3n) is 15.9. The van der Waals surface area contributed by atoms with Gasteiger partial charge in [0.2, 0.25) is 0 Å². The number of hydrogen-bond donors (Lipinski definition) is 2. The minimum absolute atomic E-state index is 0.0230. The van der Waals surface area contributed by atoms with Gasteiger partial charge in [0.05, 0.1) is 18.4 Å². The molecule has 0 aliphatic heterocycles. The lowest BCUT2D eigenvalue weighted by molar-refractivity contribution is -0.233. The Hall–Kier alpha value is -2.22. The minimum atomic E-state index is -1.16. The second-order valence-corrected chi connectivity index (χ2v) is 19.9. The van der Waals surface area contributed by atoms with Gasteiger partial charge in [0.1, 0.15) is 6.10 Å². The van der Waals surface area contributed by atoms with Crippen LogP contribution in [-0.2, 0) is 23.9 Å². The highest BCUT2D eigenvalue weighted by Gasteiger charge is 2.70. The van der Waals surface area contributed by atoms with Crippen LogP contribution in [0.15, 0.2) is 11.1 Å². The van der Waals surface area contributed by atoms with Gasteiger partial charge in [-0.3, -0.25) is 24.1 Å². The molecule has 0 bridgehead atoms. The number of rotatable bonds is 11. The molecule has 0 aromatic carbocycles. The summed E-state index contributed by atoms with van der Waals surface area (Å²) in [6.45, 7) is 24.5. The average molecular weight is 698 g/mol. The van der Waals surface area contributed by atoms with E-state index in [1.165, 1.54) is 5.57 Å². The van der Waals surface area contributed by atoms with Crippen molar-refractivity contribution in [3.8, 4) is 0 Å². The molecule has 0 radical (unpaired) electrons. The van der Waals surface area contributed by atoms with E-state index in [-0.39, 0.29) is 58.1 Å². The zero-order chi connectivity index (χ0) is 37.4. The first kappa shape index (κ1) is 39.0. The average Bonchev–Trinajstić information content (AvgIpc) is 3.28. The van der Waals surface area contributed by atoms with Crippen molar-refractivity contribution in [3.63, 3.8) is 0 Å². The Bertz CT molecular complexity index is 1430. The van der Waals surface area contributed by atoms with Crippen LogP contribution >= 0.6 is 0 Å². The number of ketones is 1. The molecular formula is C42H67NO7. The van der Waals surface area contributed by atoms with Crippen LogP contribution in [-0.4, -0.2) is 64.0 Å². The maximum Gasteiger partial charge on any atom is 0.317 e. The Kier molecular flexibility index (Phi) is 10.2. The largest absolute Gasteiger partial charge is 0.481 e. The predicted molar refractivity (Wildman–Crippen MR) is 194 cm³/mol. The third kappa shape index (κ3) is 6.09. The van der Waals surface area contributed by atoms with Crippen molar-refractivity contribution in [1.82, 2.24) is 4.90 Å². The summed E-state index contributed by atoms with van der Waals surface area (Å²) in [6, 6.07) is 0.121. The van der Waals surface area contributed by atoms with E-state index in [0.717, 1.165) is 63.4 Å². The van der Waals surface area contributed by atoms with E-state index in [9.17, 15) is 29.4 Å². The van der Waals surface area contributed by atoms with Crippen molar-refractivity contribution >= 4 is 23.7 Å². The molecule has 2 unspecified atom stereocenters. The molecule has 5 rings (SSSR count). The molecule has 0 amide bonds. The molecule has 282 valence electrons. The van der Waals surface area contributed by atoms with Crippen molar-refractivity contribution in [2.45, 2.75) is 159 Å². The van der Waals surface area contributed by atoms with Crippen LogP contribution in [0.25, 0.3) is 0 Å². The lowest BCUT2D eigenvalue weighted by atomic mass is 9.33. The van der Waals surface area contributed by atoms with E-state index >= 15 is 0 Å². The molecule has 2 N–H and O–H groups in total. The summed E-state index contributed by atoms with van der Waals surface area (Å²) >= 11 is 0. The number of allylic oxidation sites excluding steroid dienone is 2. The Labute approximate surface area is 301 Å². The van der Waals surface area contributed by atoms with Gasteiger partial charge in [0.25, 0.3) is 0 Å². The number of carboxylic acids is 2. The highest BCUT2D eigenvalue weighted by atomic mass is 16.5. The number of nitrogens with zero attached hydrogens (tertiary/aromatic N) is 1. The van der Waals surface area contributed by atoms with Crippen LogP contribution in [0.2, 0.25) is 0 Å². The first-order chi connectivity index (χ1) is 23.0. The van der Waals surface area contributed by atoms with Gasteiger partial charge in [0.15, 0.2) is 5.78 Å². The maximum atomic E-state index is 14.0. The lowest BCUT2D eigenvalue weighted by Crippen LogP contribution is -2.65. The van der Waals surface area contributed by atoms with Crippen LogP contribution in [0.1, 0.15) is 147 Å². The van der Waals surface area contributed by atoms with E-state index in [1.54, 1.807) is 13.8 Å². The molecule has 4 fully saturated rings. The zero-order valence-corrected chi connectivity index (χ0v) is 33.0. The topological polar surface area (TPSA) is 121 Å². The molecule has 5 aliphatic carbocycles. The number of carbonyl (C=O) groups is 4. The molecule has 0 heterocycles. The summed E-state index contributed by atoms with van der Waals surface area (Å²) < 4.78 is 6.16. The van der Waals surface area contributed by atoms with Gasteiger partial charge in [0, 0.05) is 23.3 Å². The molecular weight excluding hydrogens is 630 g/mol. The SMILES string of the molecule is CC(C)C1=C2[C@H]3CCC4[C@@]5(C)CC[C@H](OC(=O)CC(C)(C)C(=O)O)C(C)(C)C5CC[C@@]4(C)[C@]3(C)CC[C@@]2(CCN(CC(=O)O)C(C)C)CC1=O. The van der Waals surface area contributed by atoms with E-state index in [4.69, 9.17) is 4.74 Å². The summed E-state index contributed by atoms with van der Waals surface area (Å²) in [5.41, 5.74) is 1.15. The summed E-state index contributed by atoms with van der Waals surface area (Å²) in [5, 5.41) is 19.2. The van der Waals surface area contributed by atoms with Crippen LogP contribution in [0, 0.1) is 56.2 Å². The van der Waals surface area contributed by atoms with Crippen molar-refractivity contribution < 1.29 is 34.1 Å². The summed E-state index contributed by atoms with van der Waals surface area (Å²) in [6.07, 6.45) is 9.22. The molecule has 0 aromatic rings. The zero-order valence-electron chi connectivity index (χ0n) is 33.0. The highest BCUT2D eigenvalue weighted by molar-refractivity contribution is 6.00. The van der Waals surface area contributed by atoms with E-state index in [1.807, 2.05) is 0 Å². The van der Waals surface area contributed by atoms with Crippen LogP contribution in [0.5, 0.6) is 0 Å². The first-order valence-electron chi connectivity index (χ1n) is 19.6. The quantitative estimate of drug-likeness (QED) is 0.206. The number of Topliss-reactive ketones (excluding diaryl/α,β-unsaturated/α-hetero) is 1. The van der Waals surface area contributed by atoms with Crippen LogP contribution < -0.4 is 0 Å². The normalized spacial score (nSPS) is 38.1. The molecule has 8 atom stereocenters. The fourth-order valence-corrected chi connectivity index (χ4v) is 12.9. The summed E-state index contributed by atoms with van der Waals surface area (Å²) in [5.74, 6) is -0.495. The number of carboxylic acid groups (broad SMARTS) is 2. The molecule has 5 aliphatic rings. The molecule has 50 heavy (non-hydrogen) atoms. The number of hydrogen-bond acceptors (Lipinski definition) is 6. The molecule has 0 saturated heterocycles. The van der Waals surface area contributed by atoms with Gasteiger partial charge in [-0.1, -0.05) is 54.0 Å². The first-order valence-corrected chi connectivity index (χ1v) is 19.6. The molecule has 8 heteroatoms. The van der Waals surface area contributed by atoms with E-state index in [0.29, 0.717) is 36.5 Å². The fourth-order valence-electron chi connectivity index (χ4n) is 12.9. The predicted octanol–water partition coefficient (Wildman–Crippen LogP) is 8.56. The van der Waals surface area contributed by atoms with Gasteiger partial charge in [-0.05, 0) is 138 Å². The monoisotopic (exact) mass is 697 g/mol. The van der Waals surface area contributed by atoms with Crippen LogP contribution in [0.4, 0.5) is 0 Å². The van der Waals surface area contributed by atoms with Gasteiger partial charge in [-0.2, -0.15) is 0 Å². The summed E-state index contributed by atoms with van der Waals surface area (Å²) in [4.78, 5) is 52.6. The third-order valence-corrected chi connectivity index (χ3v) is 15.9. The van der Waals surface area contributed by atoms with Gasteiger partial charge in [-0.15, -0.1) is 0 Å². The molecule has 4 saturated carbocycles. The Morgan fingerprint density at radius 2 is 1.54 bits per heavy atom. The standard InChI is InChI=1S/C42H67NO7/c1-25(2)34-28(44)22-42(20-21-43(26(3)4)24-32(45)46)19-18-40(10)27(35(34)42)12-13-30-39(9)16-15-31(50-33(47)23-37(5,6)36(48)49)38(7,8)29(39)14-17-41(30,40)11/h25-27,29-31H,12-24H2,1-11H3,(H,45,46)(H,48,49)/t27-,29?,30?,31+,39+,40-,41-,42-/m1/s1. The van der Waals surface area contributed by atoms with Gasteiger partial charge < -0.3 is 14.9 Å². The van der Waals surface area contributed by atoms with Gasteiger partial charge in [-0.25, -0.2) is 0 Å². The van der Waals surface area contributed by atoms with Crippen LogP contribution in [0.3, 0.4) is 0 Å². The Morgan fingerprint density at radius 3 is 2.12 bits per heavy atom. The molecule has 8 nitrogen and oxygen atoms in total. The number of aliphatic carboxylic acids is 2. The second kappa shape index (κ2) is 13.0. The van der Waals surface area contributed by atoms with E-state index in [2.05, 4.69) is 67.2 Å². The molecule has 0 spiro atoms. The number of ether oxygens (including phenoxy) is 1. The van der Waals surface area contributed by atoms with Crippen molar-refractivity contribution in [2.75, 3.05) is 13.1 Å². The second-order valence-electron chi connectivity index (χ2n) is 19.9. The van der Waals surface area contributed by atoms with Crippen molar-refractivity contribution in [1.29, 1.82) is 0 Å². The Balaban J connectivity index is 1.44. The number of esters is 1. The molecule has 0 aromatic heterocycles. The lowest BCUT2D eigenvalue weighted by Gasteiger charge is -2.72. The van der Waals surface area contributed by atoms with Gasteiger partial charge >= 0.3 is 17.9 Å².